The Hall–Kier alpha value is -2.35. The van der Waals surface area contributed by atoms with Crippen molar-refractivity contribution in [2.75, 3.05) is 12.8 Å². The van der Waals surface area contributed by atoms with E-state index in [-0.39, 0.29) is 24.3 Å². The highest BCUT2D eigenvalue weighted by Gasteiger charge is 2.23. The highest BCUT2D eigenvalue weighted by molar-refractivity contribution is 7.98. The minimum Gasteiger partial charge on any atom is -0.356 e. The van der Waals surface area contributed by atoms with Gasteiger partial charge in [0.05, 0.1) is 12.5 Å². The molecule has 162 valence electrons. The zero-order valence-electron chi connectivity index (χ0n) is 17.8. The lowest BCUT2D eigenvalue weighted by Gasteiger charge is -2.18. The Balaban J connectivity index is 1.50. The van der Waals surface area contributed by atoms with Crippen molar-refractivity contribution in [1.82, 2.24) is 25.4 Å². The highest BCUT2D eigenvalue weighted by atomic mass is 32.2. The van der Waals surface area contributed by atoms with Crippen LogP contribution in [0.25, 0.3) is 0 Å². The van der Waals surface area contributed by atoms with Crippen LogP contribution in [-0.2, 0) is 16.0 Å². The Morgan fingerprint density at radius 2 is 1.93 bits per heavy atom. The second-order valence-electron chi connectivity index (χ2n) is 7.73. The molecule has 0 saturated heterocycles. The van der Waals surface area contributed by atoms with Crippen molar-refractivity contribution < 1.29 is 9.59 Å². The molecule has 0 spiro atoms. The van der Waals surface area contributed by atoms with Crippen LogP contribution in [0.3, 0.4) is 0 Å². The smallest absolute Gasteiger partial charge is 0.222 e. The van der Waals surface area contributed by atoms with Crippen LogP contribution in [0.4, 0.5) is 0 Å². The average Bonchev–Trinajstić information content (AvgIpc) is 3.40. The molecule has 2 N–H and O–H groups in total. The SMILES string of the molecule is CSc1nnc(CCCNC(=O)C[C@H](NC(C)=O)c2ccccc2)n1C1CCCC1. The summed E-state index contributed by atoms with van der Waals surface area (Å²) in [6, 6.07) is 9.77. The number of nitrogens with zero attached hydrogens (tertiary/aromatic N) is 3. The quantitative estimate of drug-likeness (QED) is 0.446. The van der Waals surface area contributed by atoms with Crippen molar-refractivity contribution in [3.8, 4) is 0 Å². The number of hydrogen-bond donors (Lipinski definition) is 2. The number of amides is 2. The van der Waals surface area contributed by atoms with Crippen molar-refractivity contribution in [3.05, 3.63) is 41.7 Å². The Bertz CT molecular complexity index is 833. The Labute approximate surface area is 182 Å². The molecule has 0 radical (unpaired) electrons. The maximum absolute atomic E-state index is 12.4. The van der Waals surface area contributed by atoms with Crippen LogP contribution in [0, 0.1) is 0 Å². The summed E-state index contributed by atoms with van der Waals surface area (Å²) in [5.41, 5.74) is 0.928. The number of aryl methyl sites for hydroxylation is 1. The van der Waals surface area contributed by atoms with Gasteiger partial charge < -0.3 is 15.2 Å². The summed E-state index contributed by atoms with van der Waals surface area (Å²) in [5.74, 6) is 0.799. The van der Waals surface area contributed by atoms with Crippen molar-refractivity contribution in [1.29, 1.82) is 0 Å². The molecule has 0 unspecified atom stereocenters. The molecule has 2 aromatic rings. The lowest BCUT2D eigenvalue weighted by atomic mass is 10.0. The molecule has 0 bridgehead atoms. The molecule has 7 nitrogen and oxygen atoms in total. The highest BCUT2D eigenvalue weighted by Crippen LogP contribution is 2.33. The maximum atomic E-state index is 12.4. The van der Waals surface area contributed by atoms with Gasteiger partial charge in [0.1, 0.15) is 5.82 Å². The van der Waals surface area contributed by atoms with Gasteiger partial charge in [0.15, 0.2) is 5.16 Å². The first-order chi connectivity index (χ1) is 14.6. The van der Waals surface area contributed by atoms with Crippen LogP contribution in [0.15, 0.2) is 35.5 Å². The molecule has 1 aromatic heterocycles. The van der Waals surface area contributed by atoms with E-state index in [1.165, 1.54) is 32.6 Å². The standard InChI is InChI=1S/C22H31N5O2S/c1-16(28)24-19(17-9-4-3-5-10-17)15-21(29)23-14-8-13-20-25-26-22(30-2)27(20)18-11-6-7-12-18/h3-5,9-10,18-19H,6-8,11-15H2,1-2H3,(H,23,29)(H,24,28)/t19-/m0/s1. The number of aromatic nitrogens is 3. The van der Waals surface area contributed by atoms with E-state index in [1.807, 2.05) is 36.6 Å². The van der Waals surface area contributed by atoms with E-state index in [0.717, 1.165) is 29.4 Å². The van der Waals surface area contributed by atoms with E-state index in [2.05, 4.69) is 25.4 Å². The van der Waals surface area contributed by atoms with Crippen molar-refractivity contribution in [3.63, 3.8) is 0 Å². The van der Waals surface area contributed by atoms with Gasteiger partial charge in [-0.25, -0.2) is 0 Å². The molecule has 1 aliphatic carbocycles. The number of nitrogens with one attached hydrogen (secondary N) is 2. The summed E-state index contributed by atoms with van der Waals surface area (Å²) in [5, 5.41) is 15.6. The molecule has 1 heterocycles. The van der Waals surface area contributed by atoms with E-state index < -0.39 is 0 Å². The van der Waals surface area contributed by atoms with Gasteiger partial charge in [-0.3, -0.25) is 9.59 Å². The molecule has 1 aromatic carbocycles. The number of rotatable bonds is 10. The largest absolute Gasteiger partial charge is 0.356 e. The van der Waals surface area contributed by atoms with Crippen LogP contribution < -0.4 is 10.6 Å². The van der Waals surface area contributed by atoms with Crippen molar-refractivity contribution in [2.45, 2.75) is 69.1 Å². The van der Waals surface area contributed by atoms with E-state index in [9.17, 15) is 9.59 Å². The normalized spacial score (nSPS) is 15.1. The van der Waals surface area contributed by atoms with E-state index in [4.69, 9.17) is 0 Å². The van der Waals surface area contributed by atoms with Crippen molar-refractivity contribution in [2.24, 2.45) is 0 Å². The van der Waals surface area contributed by atoms with Gasteiger partial charge in [0.25, 0.3) is 0 Å². The van der Waals surface area contributed by atoms with Gasteiger partial charge in [-0.2, -0.15) is 0 Å². The molecule has 0 aliphatic heterocycles. The summed E-state index contributed by atoms with van der Waals surface area (Å²) in [6.07, 6.45) is 8.78. The van der Waals surface area contributed by atoms with Gasteiger partial charge in [0.2, 0.25) is 11.8 Å². The summed E-state index contributed by atoms with van der Waals surface area (Å²) in [7, 11) is 0. The molecule has 8 heteroatoms. The summed E-state index contributed by atoms with van der Waals surface area (Å²) in [4.78, 5) is 24.0. The number of hydrogen-bond acceptors (Lipinski definition) is 5. The average molecular weight is 430 g/mol. The Morgan fingerprint density at radius 1 is 1.20 bits per heavy atom. The van der Waals surface area contributed by atoms with Crippen LogP contribution in [0.5, 0.6) is 0 Å². The predicted octanol–water partition coefficient (Wildman–Crippen LogP) is 3.43. The van der Waals surface area contributed by atoms with Crippen LogP contribution in [0.2, 0.25) is 0 Å². The Kier molecular flexibility index (Phi) is 8.30. The molecular weight excluding hydrogens is 398 g/mol. The van der Waals surface area contributed by atoms with Gasteiger partial charge in [-0.1, -0.05) is 54.9 Å². The number of thioether (sulfide) groups is 1. The lowest BCUT2D eigenvalue weighted by Crippen LogP contribution is -2.33. The van der Waals surface area contributed by atoms with E-state index in [1.54, 1.807) is 11.8 Å². The van der Waals surface area contributed by atoms with Crippen LogP contribution >= 0.6 is 11.8 Å². The number of benzene rings is 1. The Morgan fingerprint density at radius 3 is 2.60 bits per heavy atom. The molecule has 1 atom stereocenters. The summed E-state index contributed by atoms with van der Waals surface area (Å²) < 4.78 is 2.31. The fourth-order valence-electron chi connectivity index (χ4n) is 4.06. The molecule has 1 saturated carbocycles. The third-order valence-electron chi connectivity index (χ3n) is 5.48. The number of carbonyl (C=O) groups excluding carboxylic acids is 2. The predicted molar refractivity (Wildman–Crippen MR) is 118 cm³/mol. The number of carbonyl (C=O) groups is 2. The molecular formula is C22H31N5O2S. The second-order valence-corrected chi connectivity index (χ2v) is 8.51. The van der Waals surface area contributed by atoms with Gasteiger partial charge >= 0.3 is 0 Å². The first-order valence-corrected chi connectivity index (χ1v) is 11.9. The minimum absolute atomic E-state index is 0.0698. The summed E-state index contributed by atoms with van der Waals surface area (Å²) >= 11 is 1.64. The zero-order valence-corrected chi connectivity index (χ0v) is 18.6. The first-order valence-electron chi connectivity index (χ1n) is 10.6. The van der Waals surface area contributed by atoms with Crippen molar-refractivity contribution >= 4 is 23.6 Å². The van der Waals surface area contributed by atoms with Gasteiger partial charge in [-0.05, 0) is 31.1 Å². The van der Waals surface area contributed by atoms with Gasteiger partial charge in [-0.15, -0.1) is 10.2 Å². The monoisotopic (exact) mass is 429 g/mol. The third-order valence-corrected chi connectivity index (χ3v) is 6.12. The zero-order chi connectivity index (χ0) is 21.3. The van der Waals surface area contributed by atoms with Crippen LogP contribution in [0.1, 0.15) is 68.9 Å². The molecule has 2 amide bonds. The maximum Gasteiger partial charge on any atom is 0.222 e. The minimum atomic E-state index is -0.321. The second kappa shape index (κ2) is 11.2. The van der Waals surface area contributed by atoms with E-state index >= 15 is 0 Å². The first kappa shape index (κ1) is 22.3. The molecule has 1 aliphatic rings. The fraction of sp³-hybridized carbons (Fsp3) is 0.545. The third kappa shape index (κ3) is 6.08. The molecule has 3 rings (SSSR count). The molecule has 30 heavy (non-hydrogen) atoms. The fourth-order valence-corrected chi connectivity index (χ4v) is 4.63. The molecule has 1 fully saturated rings. The topological polar surface area (TPSA) is 88.9 Å². The summed E-state index contributed by atoms with van der Waals surface area (Å²) in [6.45, 7) is 2.05. The lowest BCUT2D eigenvalue weighted by molar-refractivity contribution is -0.122. The van der Waals surface area contributed by atoms with Crippen LogP contribution in [-0.4, -0.2) is 39.4 Å². The van der Waals surface area contributed by atoms with E-state index in [0.29, 0.717) is 12.6 Å². The van der Waals surface area contributed by atoms with Gasteiger partial charge in [0, 0.05) is 25.9 Å².